The molecule has 0 N–H and O–H groups in total. The van der Waals surface area contributed by atoms with Crippen molar-refractivity contribution in [3.63, 3.8) is 0 Å². The number of hydrogen-bond acceptors (Lipinski definition) is 6. The first kappa shape index (κ1) is 22.0. The van der Waals surface area contributed by atoms with Gasteiger partial charge in [-0.25, -0.2) is 20.2 Å². The number of nitrogens with zero attached hydrogens (tertiary/aromatic N) is 6. The summed E-state index contributed by atoms with van der Waals surface area (Å²) in [5.74, 6) is 0. The molecule has 0 aliphatic heterocycles. The monoisotopic (exact) mass is 470 g/mol. The van der Waals surface area contributed by atoms with Gasteiger partial charge in [0.25, 0.3) is 22.8 Å². The van der Waals surface area contributed by atoms with Crippen LogP contribution in [0.3, 0.4) is 0 Å². The van der Waals surface area contributed by atoms with Gasteiger partial charge in [-0.05, 0) is 33.4 Å². The third-order valence-electron chi connectivity index (χ3n) is 6.56. The molecule has 0 spiro atoms. The van der Waals surface area contributed by atoms with Crippen molar-refractivity contribution in [2.75, 3.05) is 0 Å². The van der Waals surface area contributed by atoms with E-state index in [1.54, 1.807) is 12.1 Å². The van der Waals surface area contributed by atoms with Gasteiger partial charge < -0.3 is 0 Å². The van der Waals surface area contributed by atoms with Gasteiger partial charge in [0.15, 0.2) is 0 Å². The van der Waals surface area contributed by atoms with Crippen LogP contribution < -0.4 is 10.4 Å². The van der Waals surface area contributed by atoms with Crippen LogP contribution in [0.4, 0.5) is 11.4 Å². The van der Waals surface area contributed by atoms with Crippen molar-refractivity contribution in [1.29, 1.82) is 10.5 Å². The minimum atomic E-state index is -0.524. The first-order valence-corrected chi connectivity index (χ1v) is 10.4. The van der Waals surface area contributed by atoms with Gasteiger partial charge in [0.2, 0.25) is 0 Å². The van der Waals surface area contributed by atoms with Crippen molar-refractivity contribution in [3.8, 4) is 34.4 Å². The molecule has 0 amide bonds. The summed E-state index contributed by atoms with van der Waals surface area (Å²) >= 11 is 0. The Kier molecular flexibility index (Phi) is 4.81. The molecule has 5 rings (SSSR count). The molecule has 3 aromatic carbocycles. The lowest BCUT2D eigenvalue weighted by Gasteiger charge is -2.13. The molecule has 0 aromatic heterocycles. The molecule has 0 saturated carbocycles. The lowest BCUT2D eigenvalue weighted by atomic mass is 9.90. The molecule has 0 unspecified atom stereocenters. The molecule has 36 heavy (non-hydrogen) atoms. The van der Waals surface area contributed by atoms with Gasteiger partial charge in [-0.15, -0.1) is 0 Å². The van der Waals surface area contributed by atoms with Crippen LogP contribution in [0, 0.1) is 56.0 Å². The highest BCUT2D eigenvalue weighted by molar-refractivity contribution is 5.94. The Hall–Kier alpha value is -5.84. The molecule has 0 radical (unpaired) electrons. The average molecular weight is 470 g/mol. The van der Waals surface area contributed by atoms with Crippen LogP contribution in [-0.2, 0) is 12.8 Å². The second-order valence-electron chi connectivity index (χ2n) is 8.08. The predicted octanol–water partition coefficient (Wildman–Crippen LogP) is 3.75. The Bertz CT molecular complexity index is 1720. The van der Waals surface area contributed by atoms with Crippen LogP contribution in [0.25, 0.3) is 43.3 Å². The fourth-order valence-corrected chi connectivity index (χ4v) is 5.28. The molecule has 3 aromatic rings. The fourth-order valence-electron chi connectivity index (χ4n) is 5.28. The van der Waals surface area contributed by atoms with E-state index in [0.717, 1.165) is 0 Å². The molecule has 0 atom stereocenters. The van der Waals surface area contributed by atoms with Crippen molar-refractivity contribution in [3.05, 3.63) is 112 Å². The van der Waals surface area contributed by atoms with Crippen molar-refractivity contribution in [1.82, 2.24) is 0 Å². The molecule has 0 saturated heterocycles. The van der Waals surface area contributed by atoms with Gasteiger partial charge in [0.05, 0.1) is 35.1 Å². The number of nitro groups is 2. The highest BCUT2D eigenvalue weighted by atomic mass is 16.6. The predicted molar refractivity (Wildman–Crippen MR) is 127 cm³/mol. The standard InChI is InChI=1S/C26H10N6O4/c1-29-19(11-27)25-17-9-15-14(6-4-8-21(15)31(33)34)24(17)26(20(12-28)30-2)18-10-16-13(23(18)25)5-3-7-22(16)32(35)36/h3-8H,9-10H2/b25-19-,26-20+. The van der Waals surface area contributed by atoms with E-state index in [1.165, 1.54) is 24.3 Å². The summed E-state index contributed by atoms with van der Waals surface area (Å²) in [6.07, 6.45) is -0.00178. The molecule has 168 valence electrons. The highest BCUT2D eigenvalue weighted by Crippen LogP contribution is 2.44. The summed E-state index contributed by atoms with van der Waals surface area (Å²) in [7, 11) is 0. The lowest BCUT2D eigenvalue weighted by molar-refractivity contribution is -0.385. The molecule has 2 aliphatic rings. The first-order chi connectivity index (χ1) is 17.4. The number of nitriles is 2. The van der Waals surface area contributed by atoms with Crippen molar-refractivity contribution >= 4 is 22.8 Å². The van der Waals surface area contributed by atoms with E-state index in [1.807, 2.05) is 12.1 Å². The molecule has 10 nitrogen and oxygen atoms in total. The third kappa shape index (κ3) is 2.80. The Morgan fingerprint density at radius 3 is 1.44 bits per heavy atom. The zero-order chi connectivity index (χ0) is 25.7. The van der Waals surface area contributed by atoms with E-state index in [4.69, 9.17) is 13.1 Å². The number of benzene rings is 3. The molecule has 0 heterocycles. The summed E-state index contributed by atoms with van der Waals surface area (Å²) in [6.45, 7) is 15.3. The number of nitro benzene ring substituents is 2. The Morgan fingerprint density at radius 1 is 0.750 bits per heavy atom. The zero-order valence-electron chi connectivity index (χ0n) is 18.2. The van der Waals surface area contributed by atoms with E-state index in [-0.39, 0.29) is 46.0 Å². The summed E-state index contributed by atoms with van der Waals surface area (Å²) in [4.78, 5) is 29.3. The number of hydrogen-bond donors (Lipinski definition) is 0. The van der Waals surface area contributed by atoms with Gasteiger partial charge in [0, 0.05) is 46.5 Å². The van der Waals surface area contributed by atoms with E-state index in [0.29, 0.717) is 44.5 Å². The van der Waals surface area contributed by atoms with E-state index < -0.39 is 9.85 Å². The van der Waals surface area contributed by atoms with Crippen molar-refractivity contribution < 1.29 is 9.85 Å². The fraction of sp³-hybridized carbons (Fsp3) is 0.0769. The van der Waals surface area contributed by atoms with Gasteiger partial charge in [0.1, 0.15) is 0 Å². The molecular weight excluding hydrogens is 460 g/mol. The van der Waals surface area contributed by atoms with E-state index >= 15 is 0 Å². The van der Waals surface area contributed by atoms with Gasteiger partial charge >= 0.3 is 0 Å². The highest BCUT2D eigenvalue weighted by Gasteiger charge is 2.36. The summed E-state index contributed by atoms with van der Waals surface area (Å²) in [5.41, 5.74) is 2.30. The molecule has 0 fully saturated rings. The quantitative estimate of drug-likeness (QED) is 0.218. The maximum absolute atomic E-state index is 11.8. The van der Waals surface area contributed by atoms with Crippen LogP contribution in [0.15, 0.2) is 36.4 Å². The summed E-state index contributed by atoms with van der Waals surface area (Å²) < 4.78 is 0. The van der Waals surface area contributed by atoms with Crippen LogP contribution in [-0.4, -0.2) is 9.85 Å². The Balaban J connectivity index is 2.11. The number of rotatable bonds is 2. The topological polar surface area (TPSA) is 143 Å². The number of fused-ring (bicyclic) bond motifs is 6. The maximum Gasteiger partial charge on any atom is 0.273 e. The average Bonchev–Trinajstić information content (AvgIpc) is 3.44. The SMILES string of the molecule is [C-]#[N+]/C(C#N)=c1/c2c(/c(=C(\C#N)[N+]#[C-])c3c1-c1cccc([N+](=O)[O-])c1C3)-c1cccc([N+](=O)[O-])c1C2. The molecular formula is C26H10N6O4. The second kappa shape index (κ2) is 7.88. The minimum absolute atomic E-state index is 0.000891. The van der Waals surface area contributed by atoms with Gasteiger partial charge in [-0.3, -0.25) is 20.2 Å². The second-order valence-corrected chi connectivity index (χ2v) is 8.08. The third-order valence-corrected chi connectivity index (χ3v) is 6.56. The minimum Gasteiger partial charge on any atom is -0.258 e. The maximum atomic E-state index is 11.8. The van der Waals surface area contributed by atoms with Crippen molar-refractivity contribution in [2.45, 2.75) is 12.8 Å². The lowest BCUT2D eigenvalue weighted by Crippen LogP contribution is -2.25. The van der Waals surface area contributed by atoms with E-state index in [9.17, 15) is 30.8 Å². The smallest absolute Gasteiger partial charge is 0.258 e. The van der Waals surface area contributed by atoms with Gasteiger partial charge in [-0.2, -0.15) is 0 Å². The van der Waals surface area contributed by atoms with Crippen LogP contribution >= 0.6 is 0 Å². The normalized spacial score (nSPS) is 13.4. The first-order valence-electron chi connectivity index (χ1n) is 10.4. The Morgan fingerprint density at radius 2 is 1.14 bits per heavy atom. The molecule has 0 bridgehead atoms. The van der Waals surface area contributed by atoms with Crippen molar-refractivity contribution in [2.24, 2.45) is 0 Å². The zero-order valence-corrected chi connectivity index (χ0v) is 18.2. The molecule has 2 aliphatic carbocycles. The van der Waals surface area contributed by atoms with Crippen LogP contribution in [0.1, 0.15) is 22.3 Å². The molecule has 10 heteroatoms. The largest absolute Gasteiger partial charge is 0.273 e. The van der Waals surface area contributed by atoms with Crippen LogP contribution in [0.5, 0.6) is 0 Å². The Labute approximate surface area is 202 Å². The summed E-state index contributed by atoms with van der Waals surface area (Å²) in [6, 6.07) is 12.8. The van der Waals surface area contributed by atoms with E-state index in [2.05, 4.69) is 9.69 Å². The van der Waals surface area contributed by atoms with Crippen LogP contribution in [0.2, 0.25) is 0 Å². The van der Waals surface area contributed by atoms with Gasteiger partial charge in [-0.1, -0.05) is 24.3 Å². The summed E-state index contributed by atoms with van der Waals surface area (Å²) in [5, 5.41) is 43.7.